The fourth-order valence-corrected chi connectivity index (χ4v) is 0.211. The molecule has 0 bridgehead atoms. The molecule has 0 aromatic rings. The van der Waals surface area contributed by atoms with Crippen LogP contribution in [0.25, 0.3) is 0 Å². The van der Waals surface area contributed by atoms with Gasteiger partial charge in [-0.3, -0.25) is 0 Å². The maximum absolute atomic E-state index is 10.5. The first-order valence-corrected chi connectivity index (χ1v) is 2.30. The molecule has 1 unspecified atom stereocenters. The van der Waals surface area contributed by atoms with E-state index in [9.17, 15) is 5.21 Å². The van der Waals surface area contributed by atoms with Crippen molar-refractivity contribution < 1.29 is 10.3 Å². The zero-order valence-corrected chi connectivity index (χ0v) is 5.42. The van der Waals surface area contributed by atoms with Crippen molar-refractivity contribution in [3.05, 3.63) is 5.21 Å². The molecule has 0 amide bonds. The third kappa shape index (κ3) is 2.98. The Hall–Kier alpha value is -0.690. The summed E-state index contributed by atoms with van der Waals surface area (Å²) in [7, 11) is 2.92. The third-order valence-corrected chi connectivity index (χ3v) is 0.666. The minimum absolute atomic E-state index is 0.590. The van der Waals surface area contributed by atoms with Gasteiger partial charge in [0.25, 0.3) is 0 Å². The highest BCUT2D eigenvalue weighted by Gasteiger charge is 1.98. The van der Waals surface area contributed by atoms with Crippen molar-refractivity contribution in [2.24, 2.45) is 5.10 Å². The first-order chi connectivity index (χ1) is 4.22. The van der Waals surface area contributed by atoms with Crippen molar-refractivity contribution in [3.8, 4) is 0 Å². The second-order valence-corrected chi connectivity index (χ2v) is 1.24. The molecule has 0 radical (unpaired) electrons. The molecular formula is C3H10N4O2. The van der Waals surface area contributed by atoms with Gasteiger partial charge in [0, 0.05) is 13.8 Å². The summed E-state index contributed by atoms with van der Waals surface area (Å²) in [6.45, 7) is 3.11. The van der Waals surface area contributed by atoms with E-state index in [1.54, 1.807) is 0 Å². The van der Waals surface area contributed by atoms with Gasteiger partial charge in [0.15, 0.2) is 0 Å². The standard InChI is InChI=1S/C3H10N4O2/c1-4-6(3)7(8)9-5-2/h5,7H,1H2,2-3H3. The molecule has 9 heavy (non-hydrogen) atoms. The molecule has 0 aromatic carbocycles. The average molecular weight is 134 g/mol. The lowest BCUT2D eigenvalue weighted by Gasteiger charge is -2.22. The molecule has 0 fully saturated rings. The highest BCUT2D eigenvalue weighted by Crippen LogP contribution is 1.61. The van der Waals surface area contributed by atoms with E-state index in [0.717, 1.165) is 5.12 Å². The number of hydrogen-bond acceptors (Lipinski definition) is 5. The molecule has 0 saturated heterocycles. The molecule has 0 aliphatic heterocycles. The van der Waals surface area contributed by atoms with E-state index >= 15 is 0 Å². The van der Waals surface area contributed by atoms with Crippen LogP contribution >= 0.6 is 0 Å². The predicted molar refractivity (Wildman–Crippen MR) is 31.8 cm³/mol. The monoisotopic (exact) mass is 134 g/mol. The fourth-order valence-electron chi connectivity index (χ4n) is 0.211. The van der Waals surface area contributed by atoms with Crippen LogP contribution in [-0.2, 0) is 4.94 Å². The second kappa shape index (κ2) is 4.21. The second-order valence-electron chi connectivity index (χ2n) is 1.24. The van der Waals surface area contributed by atoms with Crippen LogP contribution in [0.1, 0.15) is 0 Å². The van der Waals surface area contributed by atoms with Crippen molar-refractivity contribution in [2.45, 2.75) is 0 Å². The fraction of sp³-hybridized carbons (Fsp3) is 0.667. The molecule has 0 aliphatic carbocycles. The number of quaternary nitrogens is 1. The molecule has 1 atom stereocenters. The molecule has 0 heterocycles. The smallest absolute Gasteiger partial charge is 0.0810 e. The third-order valence-electron chi connectivity index (χ3n) is 0.666. The summed E-state index contributed by atoms with van der Waals surface area (Å²) >= 11 is 0. The van der Waals surface area contributed by atoms with Gasteiger partial charge in [0.2, 0.25) is 0 Å². The van der Waals surface area contributed by atoms with Crippen molar-refractivity contribution in [1.29, 1.82) is 0 Å². The van der Waals surface area contributed by atoms with Gasteiger partial charge in [-0.1, -0.05) is 10.3 Å². The van der Waals surface area contributed by atoms with E-state index in [2.05, 4.69) is 22.2 Å². The number of nitrogens with zero attached hydrogens (tertiary/aromatic N) is 2. The van der Waals surface area contributed by atoms with Gasteiger partial charge in [0.05, 0.1) is 7.05 Å². The Balaban J connectivity index is 3.44. The van der Waals surface area contributed by atoms with Gasteiger partial charge in [-0.15, -0.1) is 15.7 Å². The molecule has 0 spiro atoms. The van der Waals surface area contributed by atoms with E-state index in [-0.39, 0.29) is 0 Å². The number of hydroxylamine groups is 1. The van der Waals surface area contributed by atoms with E-state index in [4.69, 9.17) is 0 Å². The minimum atomic E-state index is -0.590. The van der Waals surface area contributed by atoms with E-state index in [1.807, 2.05) is 0 Å². The Morgan fingerprint density at radius 1 is 1.89 bits per heavy atom. The largest absolute Gasteiger partial charge is 0.571 e. The van der Waals surface area contributed by atoms with Gasteiger partial charge in [-0.25, -0.2) is 0 Å². The molecule has 0 saturated carbocycles. The number of nitrogens with one attached hydrogen (secondary N) is 2. The zero-order valence-electron chi connectivity index (χ0n) is 5.42. The van der Waals surface area contributed by atoms with Gasteiger partial charge in [-0.2, -0.15) is 0 Å². The predicted octanol–water partition coefficient (Wildman–Crippen LogP) is -2.10. The van der Waals surface area contributed by atoms with E-state index in [0.29, 0.717) is 0 Å². The molecule has 6 heteroatoms. The Morgan fingerprint density at radius 3 is 2.78 bits per heavy atom. The Bertz CT molecular complexity index is 87.9. The van der Waals surface area contributed by atoms with Crippen LogP contribution in [-0.4, -0.2) is 25.9 Å². The molecular weight excluding hydrogens is 124 g/mol. The van der Waals surface area contributed by atoms with Gasteiger partial charge in [0.1, 0.15) is 0 Å². The first-order valence-electron chi connectivity index (χ1n) is 2.30. The maximum atomic E-state index is 10.5. The summed E-state index contributed by atoms with van der Waals surface area (Å²) in [5, 5.41) is 14.1. The number of hydrazone groups is 1. The Morgan fingerprint density at radius 2 is 2.44 bits per heavy atom. The molecule has 6 nitrogen and oxygen atoms in total. The van der Waals surface area contributed by atoms with Gasteiger partial charge >= 0.3 is 0 Å². The van der Waals surface area contributed by atoms with E-state index in [1.165, 1.54) is 14.1 Å². The molecule has 0 rings (SSSR count). The summed E-state index contributed by atoms with van der Waals surface area (Å²) in [6, 6.07) is 0. The van der Waals surface area contributed by atoms with Crippen LogP contribution in [0, 0.1) is 5.21 Å². The van der Waals surface area contributed by atoms with Crippen LogP contribution in [0.5, 0.6) is 0 Å². The van der Waals surface area contributed by atoms with Crippen molar-refractivity contribution >= 4 is 6.72 Å². The zero-order chi connectivity index (χ0) is 7.28. The maximum Gasteiger partial charge on any atom is 0.0810 e. The molecule has 0 aliphatic rings. The summed E-state index contributed by atoms with van der Waals surface area (Å²) < 4.78 is 0. The topological polar surface area (TPSA) is 64.4 Å². The van der Waals surface area contributed by atoms with Crippen LogP contribution < -0.4 is 10.8 Å². The van der Waals surface area contributed by atoms with Gasteiger partial charge in [-0.05, 0) is 0 Å². The quantitative estimate of drug-likeness (QED) is 0.341. The molecule has 2 N–H and O–H groups in total. The van der Waals surface area contributed by atoms with Crippen LogP contribution in [0.4, 0.5) is 0 Å². The van der Waals surface area contributed by atoms with Crippen LogP contribution in [0.2, 0.25) is 0 Å². The van der Waals surface area contributed by atoms with Crippen molar-refractivity contribution in [1.82, 2.24) is 10.6 Å². The lowest BCUT2D eigenvalue weighted by atomic mass is 11.4. The minimum Gasteiger partial charge on any atom is -0.571 e. The molecule has 54 valence electrons. The van der Waals surface area contributed by atoms with Crippen LogP contribution in [0.3, 0.4) is 0 Å². The molecule has 0 aromatic heterocycles. The summed E-state index contributed by atoms with van der Waals surface area (Å²) in [6.07, 6.45) is 0. The van der Waals surface area contributed by atoms with Crippen molar-refractivity contribution in [2.75, 3.05) is 14.1 Å². The van der Waals surface area contributed by atoms with E-state index < -0.39 is 5.34 Å². The Labute approximate surface area is 53.1 Å². The normalized spacial score (nSPS) is 12.8. The number of rotatable bonds is 4. The summed E-state index contributed by atoms with van der Waals surface area (Å²) in [5.41, 5.74) is 2.20. The lowest BCUT2D eigenvalue weighted by molar-refractivity contribution is -1.15. The van der Waals surface area contributed by atoms with Crippen LogP contribution in [0.15, 0.2) is 5.10 Å². The highest BCUT2D eigenvalue weighted by atomic mass is 17.0. The SMILES string of the molecule is C=NN(C)[NH+]([O-])ONC. The average Bonchev–Trinajstić information content (AvgIpc) is 1.87. The summed E-state index contributed by atoms with van der Waals surface area (Å²) in [5.74, 6) is 0. The highest BCUT2D eigenvalue weighted by molar-refractivity contribution is 5.21. The Kier molecular flexibility index (Phi) is 3.89. The lowest BCUT2D eigenvalue weighted by Crippen LogP contribution is -3.12. The van der Waals surface area contributed by atoms with Crippen molar-refractivity contribution in [3.63, 3.8) is 0 Å². The first kappa shape index (κ1) is 8.31. The summed E-state index contributed by atoms with van der Waals surface area (Å²) in [4.78, 5) is 4.30. The number of hydrogen-bond donors (Lipinski definition) is 2. The van der Waals surface area contributed by atoms with Gasteiger partial charge < -0.3 is 5.21 Å².